The average molecular weight is 308 g/mol. The molecule has 112 valence electrons. The van der Waals surface area contributed by atoms with E-state index in [0.29, 0.717) is 5.02 Å². The van der Waals surface area contributed by atoms with Crippen molar-refractivity contribution in [2.24, 2.45) is 0 Å². The van der Waals surface area contributed by atoms with Crippen LogP contribution in [0, 0.1) is 12.7 Å². The zero-order chi connectivity index (χ0) is 15.4. The molecule has 0 heterocycles. The molecule has 0 saturated heterocycles. The monoisotopic (exact) mass is 307 g/mol. The molecule has 0 amide bonds. The molecule has 0 aromatic heterocycles. The summed E-state index contributed by atoms with van der Waals surface area (Å²) in [7, 11) is 1.64. The molecule has 0 fully saturated rings. The smallest absolute Gasteiger partial charge is 0.124 e. The molecule has 0 saturated carbocycles. The quantitative estimate of drug-likeness (QED) is 0.878. The first kappa shape index (κ1) is 15.8. The molecule has 0 aliphatic carbocycles. The number of rotatable bonds is 5. The Kier molecular flexibility index (Phi) is 5.21. The van der Waals surface area contributed by atoms with Crippen molar-refractivity contribution in [2.45, 2.75) is 19.9 Å². The van der Waals surface area contributed by atoms with Gasteiger partial charge in [0, 0.05) is 10.6 Å². The Balaban J connectivity index is 2.55. The van der Waals surface area contributed by atoms with E-state index in [1.165, 1.54) is 12.1 Å². The molecule has 0 radical (unpaired) electrons. The van der Waals surface area contributed by atoms with Crippen LogP contribution in [0.2, 0.25) is 5.02 Å². The van der Waals surface area contributed by atoms with Gasteiger partial charge in [0.1, 0.15) is 11.6 Å². The summed E-state index contributed by atoms with van der Waals surface area (Å²) < 4.78 is 18.7. The van der Waals surface area contributed by atoms with E-state index in [-0.39, 0.29) is 11.9 Å². The number of halogens is 2. The van der Waals surface area contributed by atoms with Crippen molar-refractivity contribution in [3.63, 3.8) is 0 Å². The molecule has 2 aromatic rings. The minimum atomic E-state index is -0.338. The van der Waals surface area contributed by atoms with Crippen molar-refractivity contribution in [3.05, 3.63) is 63.9 Å². The molecule has 2 rings (SSSR count). The van der Waals surface area contributed by atoms with Gasteiger partial charge in [-0.2, -0.15) is 0 Å². The molecule has 1 unspecified atom stereocenters. The second-order valence-electron chi connectivity index (χ2n) is 4.90. The first-order chi connectivity index (χ1) is 10.1. The van der Waals surface area contributed by atoms with Crippen LogP contribution in [0.25, 0.3) is 0 Å². The second kappa shape index (κ2) is 6.92. The van der Waals surface area contributed by atoms with E-state index in [9.17, 15) is 4.39 Å². The van der Waals surface area contributed by atoms with Gasteiger partial charge in [-0.05, 0) is 37.2 Å². The molecule has 0 aliphatic heterocycles. The maximum atomic E-state index is 13.3. The Morgan fingerprint density at radius 1 is 1.19 bits per heavy atom. The summed E-state index contributed by atoms with van der Waals surface area (Å²) in [5, 5.41) is 3.80. The Morgan fingerprint density at radius 2 is 1.95 bits per heavy atom. The maximum Gasteiger partial charge on any atom is 0.124 e. The van der Waals surface area contributed by atoms with Crippen molar-refractivity contribution in [2.75, 3.05) is 13.7 Å². The first-order valence-electron chi connectivity index (χ1n) is 6.89. The minimum Gasteiger partial charge on any atom is -0.496 e. The van der Waals surface area contributed by atoms with E-state index in [4.69, 9.17) is 16.3 Å². The highest BCUT2D eigenvalue weighted by molar-refractivity contribution is 6.31. The predicted octanol–water partition coefficient (Wildman–Crippen LogP) is 4.50. The summed E-state index contributed by atoms with van der Waals surface area (Å²) in [6, 6.07) is 10.3. The second-order valence-corrected chi connectivity index (χ2v) is 5.31. The molecule has 0 bridgehead atoms. The molecule has 4 heteroatoms. The average Bonchev–Trinajstić information content (AvgIpc) is 2.45. The standard InChI is InChI=1S/C17H19ClFNO/c1-4-20-17(13-7-6-12(19)10-15(13)18)14-9-11(2)5-8-16(14)21-3/h5-10,17,20H,4H2,1-3H3. The third kappa shape index (κ3) is 3.55. The zero-order valence-electron chi connectivity index (χ0n) is 12.4. The van der Waals surface area contributed by atoms with Crippen molar-refractivity contribution in [3.8, 4) is 5.75 Å². The van der Waals surface area contributed by atoms with Gasteiger partial charge in [-0.3, -0.25) is 0 Å². The molecule has 2 aromatic carbocycles. The minimum absolute atomic E-state index is 0.141. The van der Waals surface area contributed by atoms with Gasteiger partial charge in [0.05, 0.1) is 13.2 Å². The lowest BCUT2D eigenvalue weighted by Crippen LogP contribution is -2.23. The van der Waals surface area contributed by atoms with Crippen LogP contribution in [0.3, 0.4) is 0 Å². The number of methoxy groups -OCH3 is 1. The summed E-state index contributed by atoms with van der Waals surface area (Å²) in [6.45, 7) is 4.81. The first-order valence-corrected chi connectivity index (χ1v) is 7.27. The number of ether oxygens (including phenoxy) is 1. The Hall–Kier alpha value is -1.58. The van der Waals surface area contributed by atoms with Gasteiger partial charge in [0.15, 0.2) is 0 Å². The molecule has 1 N–H and O–H groups in total. The van der Waals surface area contributed by atoms with E-state index >= 15 is 0 Å². The number of benzene rings is 2. The van der Waals surface area contributed by atoms with Gasteiger partial charge in [-0.25, -0.2) is 4.39 Å². The molecule has 2 nitrogen and oxygen atoms in total. The van der Waals surface area contributed by atoms with E-state index < -0.39 is 0 Å². The van der Waals surface area contributed by atoms with Crippen LogP contribution < -0.4 is 10.1 Å². The summed E-state index contributed by atoms with van der Waals surface area (Å²) in [6.07, 6.45) is 0. The van der Waals surface area contributed by atoms with Gasteiger partial charge in [0.25, 0.3) is 0 Å². The molecule has 0 aliphatic rings. The summed E-state index contributed by atoms with van der Waals surface area (Å²) in [5.41, 5.74) is 2.96. The van der Waals surface area contributed by atoms with Crippen molar-refractivity contribution in [1.29, 1.82) is 0 Å². The van der Waals surface area contributed by atoms with Crippen LogP contribution in [0.4, 0.5) is 4.39 Å². The Morgan fingerprint density at radius 3 is 2.57 bits per heavy atom. The third-order valence-electron chi connectivity index (χ3n) is 3.38. The van der Waals surface area contributed by atoms with Gasteiger partial charge < -0.3 is 10.1 Å². The van der Waals surface area contributed by atoms with Gasteiger partial charge in [-0.1, -0.05) is 42.3 Å². The van der Waals surface area contributed by atoms with Crippen LogP contribution in [0.5, 0.6) is 5.75 Å². The molecule has 1 atom stereocenters. The third-order valence-corrected chi connectivity index (χ3v) is 3.71. The fraction of sp³-hybridized carbons (Fsp3) is 0.294. The van der Waals surface area contributed by atoms with Crippen molar-refractivity contribution >= 4 is 11.6 Å². The molecule has 21 heavy (non-hydrogen) atoms. The van der Waals surface area contributed by atoms with Gasteiger partial charge >= 0.3 is 0 Å². The van der Waals surface area contributed by atoms with Crippen LogP contribution >= 0.6 is 11.6 Å². The largest absolute Gasteiger partial charge is 0.496 e. The van der Waals surface area contributed by atoms with E-state index in [0.717, 1.165) is 29.0 Å². The van der Waals surface area contributed by atoms with Crippen LogP contribution in [-0.2, 0) is 0 Å². The summed E-state index contributed by atoms with van der Waals surface area (Å²) in [4.78, 5) is 0. The highest BCUT2D eigenvalue weighted by Gasteiger charge is 2.20. The summed E-state index contributed by atoms with van der Waals surface area (Å²) >= 11 is 6.22. The topological polar surface area (TPSA) is 21.3 Å². The Bertz CT molecular complexity index is 630. The fourth-order valence-corrected chi connectivity index (χ4v) is 2.68. The summed E-state index contributed by atoms with van der Waals surface area (Å²) in [5.74, 6) is 0.446. The lowest BCUT2D eigenvalue weighted by Gasteiger charge is -2.22. The van der Waals surface area contributed by atoms with Crippen LogP contribution in [-0.4, -0.2) is 13.7 Å². The number of aryl methyl sites for hydroxylation is 1. The van der Waals surface area contributed by atoms with E-state index in [1.54, 1.807) is 13.2 Å². The number of hydrogen-bond acceptors (Lipinski definition) is 2. The highest BCUT2D eigenvalue weighted by Crippen LogP contribution is 2.34. The van der Waals surface area contributed by atoms with E-state index in [1.807, 2.05) is 26.0 Å². The molecular weight excluding hydrogens is 289 g/mol. The molecular formula is C17H19ClFNO. The zero-order valence-corrected chi connectivity index (χ0v) is 13.2. The normalized spacial score (nSPS) is 12.2. The SMILES string of the molecule is CCNC(c1ccc(F)cc1Cl)c1cc(C)ccc1OC. The fourth-order valence-electron chi connectivity index (χ4n) is 2.41. The van der Waals surface area contributed by atoms with Gasteiger partial charge in [0.2, 0.25) is 0 Å². The predicted molar refractivity (Wildman–Crippen MR) is 84.7 cm³/mol. The number of nitrogens with one attached hydrogen (secondary N) is 1. The highest BCUT2D eigenvalue weighted by atomic mass is 35.5. The Labute approximate surface area is 129 Å². The van der Waals surface area contributed by atoms with E-state index in [2.05, 4.69) is 11.4 Å². The molecule has 0 spiro atoms. The number of hydrogen-bond donors (Lipinski definition) is 1. The lowest BCUT2D eigenvalue weighted by molar-refractivity contribution is 0.404. The van der Waals surface area contributed by atoms with Crippen molar-refractivity contribution in [1.82, 2.24) is 5.32 Å². The van der Waals surface area contributed by atoms with Crippen LogP contribution in [0.1, 0.15) is 29.7 Å². The maximum absolute atomic E-state index is 13.3. The lowest BCUT2D eigenvalue weighted by atomic mass is 9.96. The van der Waals surface area contributed by atoms with Crippen molar-refractivity contribution < 1.29 is 9.13 Å². The van der Waals surface area contributed by atoms with Gasteiger partial charge in [-0.15, -0.1) is 0 Å². The van der Waals surface area contributed by atoms with Crippen LogP contribution in [0.15, 0.2) is 36.4 Å².